The summed E-state index contributed by atoms with van der Waals surface area (Å²) in [5, 5.41) is 0. The summed E-state index contributed by atoms with van der Waals surface area (Å²) in [5.41, 5.74) is 8.08. The van der Waals surface area contributed by atoms with Crippen LogP contribution in [0.4, 0.5) is 0 Å². The van der Waals surface area contributed by atoms with Gasteiger partial charge in [-0.1, -0.05) is 36.4 Å². The summed E-state index contributed by atoms with van der Waals surface area (Å²) in [6, 6.07) is 16.2. The molecule has 2 aromatic carbocycles. The molecule has 0 amide bonds. The Hall–Kier alpha value is -2.00. The first-order valence-electron chi connectivity index (χ1n) is 6.97. The van der Waals surface area contributed by atoms with Gasteiger partial charge in [0.2, 0.25) is 0 Å². The predicted molar refractivity (Wildman–Crippen MR) is 79.0 cm³/mol. The Morgan fingerprint density at radius 3 is 2.80 bits per heavy atom. The summed E-state index contributed by atoms with van der Waals surface area (Å²) >= 11 is 0. The topological polar surface area (TPSA) is 44.5 Å². The fourth-order valence-corrected chi connectivity index (χ4v) is 2.40. The normalized spacial score (nSPS) is 17.1. The van der Waals surface area contributed by atoms with E-state index in [4.69, 9.17) is 15.2 Å². The third-order valence-electron chi connectivity index (χ3n) is 3.60. The van der Waals surface area contributed by atoms with Crippen LogP contribution in [0, 0.1) is 5.92 Å². The minimum Gasteiger partial charge on any atom is -0.493 e. The van der Waals surface area contributed by atoms with E-state index >= 15 is 0 Å². The van der Waals surface area contributed by atoms with Crippen LogP contribution < -0.4 is 15.2 Å². The Morgan fingerprint density at radius 1 is 1.15 bits per heavy atom. The summed E-state index contributed by atoms with van der Waals surface area (Å²) in [6.07, 6.45) is 0.991. The van der Waals surface area contributed by atoms with Crippen LogP contribution in [0.5, 0.6) is 11.5 Å². The van der Waals surface area contributed by atoms with Crippen molar-refractivity contribution in [2.24, 2.45) is 11.7 Å². The number of rotatable bonds is 4. The molecule has 0 saturated heterocycles. The zero-order chi connectivity index (χ0) is 13.8. The molecule has 20 heavy (non-hydrogen) atoms. The molecule has 2 N–H and O–H groups in total. The van der Waals surface area contributed by atoms with Crippen molar-refractivity contribution in [3.8, 4) is 11.5 Å². The van der Waals surface area contributed by atoms with Crippen LogP contribution in [0.2, 0.25) is 0 Å². The molecule has 2 aromatic rings. The molecule has 3 rings (SSSR count). The van der Waals surface area contributed by atoms with Gasteiger partial charge in [-0.25, -0.2) is 0 Å². The molecule has 0 aromatic heterocycles. The first kappa shape index (κ1) is 13.0. The summed E-state index contributed by atoms with van der Waals surface area (Å²) in [7, 11) is 0. The van der Waals surface area contributed by atoms with Gasteiger partial charge in [-0.05, 0) is 30.2 Å². The zero-order valence-corrected chi connectivity index (χ0v) is 11.4. The highest BCUT2D eigenvalue weighted by Crippen LogP contribution is 2.31. The number of benzene rings is 2. The Balaban J connectivity index is 1.67. The smallest absolute Gasteiger partial charge is 0.126 e. The molecule has 3 nitrogen and oxygen atoms in total. The molecule has 0 saturated carbocycles. The maximum atomic E-state index is 5.81. The predicted octanol–water partition coefficient (Wildman–Crippen LogP) is 2.78. The van der Waals surface area contributed by atoms with E-state index in [1.165, 1.54) is 5.56 Å². The van der Waals surface area contributed by atoms with Crippen LogP contribution in [-0.2, 0) is 13.0 Å². The average molecular weight is 269 g/mol. The molecule has 104 valence electrons. The third kappa shape index (κ3) is 2.94. The van der Waals surface area contributed by atoms with Crippen molar-refractivity contribution in [1.82, 2.24) is 0 Å². The second kappa shape index (κ2) is 5.97. The number of hydrogen-bond acceptors (Lipinski definition) is 3. The van der Waals surface area contributed by atoms with Gasteiger partial charge < -0.3 is 15.2 Å². The molecular formula is C17H19NO2. The van der Waals surface area contributed by atoms with E-state index < -0.39 is 0 Å². The van der Waals surface area contributed by atoms with Crippen molar-refractivity contribution in [1.29, 1.82) is 0 Å². The Morgan fingerprint density at radius 2 is 2.00 bits per heavy atom. The fraction of sp³-hybridized carbons (Fsp3) is 0.294. The zero-order valence-electron chi connectivity index (χ0n) is 11.4. The lowest BCUT2D eigenvalue weighted by atomic mass is 9.97. The number of fused-ring (bicyclic) bond motifs is 1. The Kier molecular flexibility index (Phi) is 3.88. The molecular weight excluding hydrogens is 250 g/mol. The molecule has 1 heterocycles. The highest BCUT2D eigenvalue weighted by molar-refractivity contribution is 5.42. The molecule has 1 unspecified atom stereocenters. The van der Waals surface area contributed by atoms with Crippen LogP contribution in [0.15, 0.2) is 48.5 Å². The lowest BCUT2D eigenvalue weighted by Crippen LogP contribution is -2.27. The van der Waals surface area contributed by atoms with E-state index in [0.717, 1.165) is 23.5 Å². The van der Waals surface area contributed by atoms with Crippen molar-refractivity contribution in [2.75, 3.05) is 13.2 Å². The fourth-order valence-electron chi connectivity index (χ4n) is 2.40. The largest absolute Gasteiger partial charge is 0.493 e. The lowest BCUT2D eigenvalue weighted by molar-refractivity contribution is 0.224. The molecule has 1 atom stereocenters. The second-order valence-electron chi connectivity index (χ2n) is 5.16. The molecule has 3 heteroatoms. The quantitative estimate of drug-likeness (QED) is 0.928. The highest BCUT2D eigenvalue weighted by Gasteiger charge is 2.19. The first-order valence-corrected chi connectivity index (χ1v) is 6.97. The van der Waals surface area contributed by atoms with Crippen LogP contribution in [0.3, 0.4) is 0 Å². The SMILES string of the molecule is NCC1COc2cc(OCc3ccccc3)ccc2C1. The molecule has 1 aliphatic rings. The molecule has 0 bridgehead atoms. The standard InChI is InChI=1S/C17H19NO2/c18-10-14-8-15-6-7-16(9-17(15)20-12-14)19-11-13-4-2-1-3-5-13/h1-7,9,14H,8,10-12,18H2. The molecule has 0 spiro atoms. The molecule has 1 aliphatic heterocycles. The van der Waals surface area contributed by atoms with Gasteiger partial charge in [0.15, 0.2) is 0 Å². The van der Waals surface area contributed by atoms with E-state index in [9.17, 15) is 0 Å². The monoisotopic (exact) mass is 269 g/mol. The van der Waals surface area contributed by atoms with Crippen LogP contribution in [0.1, 0.15) is 11.1 Å². The first-order chi connectivity index (χ1) is 9.85. The third-order valence-corrected chi connectivity index (χ3v) is 3.60. The summed E-state index contributed by atoms with van der Waals surface area (Å²) < 4.78 is 11.6. The van der Waals surface area contributed by atoms with Gasteiger partial charge in [-0.3, -0.25) is 0 Å². The van der Waals surface area contributed by atoms with E-state index in [-0.39, 0.29) is 0 Å². The van der Waals surface area contributed by atoms with Crippen LogP contribution in [-0.4, -0.2) is 13.2 Å². The van der Waals surface area contributed by atoms with E-state index in [1.54, 1.807) is 0 Å². The van der Waals surface area contributed by atoms with E-state index in [0.29, 0.717) is 25.7 Å². The van der Waals surface area contributed by atoms with E-state index in [1.807, 2.05) is 30.3 Å². The van der Waals surface area contributed by atoms with Gasteiger partial charge in [-0.2, -0.15) is 0 Å². The maximum Gasteiger partial charge on any atom is 0.126 e. The van der Waals surface area contributed by atoms with Gasteiger partial charge in [0.1, 0.15) is 18.1 Å². The maximum absolute atomic E-state index is 5.81. The molecule has 0 radical (unpaired) electrons. The lowest BCUT2D eigenvalue weighted by Gasteiger charge is -2.24. The van der Waals surface area contributed by atoms with E-state index in [2.05, 4.69) is 18.2 Å². The summed E-state index contributed by atoms with van der Waals surface area (Å²) in [6.45, 7) is 1.95. The van der Waals surface area contributed by atoms with Gasteiger partial charge in [-0.15, -0.1) is 0 Å². The Bertz CT molecular complexity index is 568. The van der Waals surface area contributed by atoms with Gasteiger partial charge in [0.05, 0.1) is 6.61 Å². The van der Waals surface area contributed by atoms with Crippen molar-refractivity contribution in [3.05, 3.63) is 59.7 Å². The average Bonchev–Trinajstić information content (AvgIpc) is 2.53. The molecule has 0 fully saturated rings. The van der Waals surface area contributed by atoms with Gasteiger partial charge in [0.25, 0.3) is 0 Å². The number of ether oxygens (including phenoxy) is 2. The highest BCUT2D eigenvalue weighted by atomic mass is 16.5. The van der Waals surface area contributed by atoms with Crippen molar-refractivity contribution in [2.45, 2.75) is 13.0 Å². The number of nitrogens with two attached hydrogens (primary N) is 1. The van der Waals surface area contributed by atoms with Crippen molar-refractivity contribution >= 4 is 0 Å². The number of hydrogen-bond donors (Lipinski definition) is 1. The Labute approximate surface area is 119 Å². The van der Waals surface area contributed by atoms with Gasteiger partial charge >= 0.3 is 0 Å². The van der Waals surface area contributed by atoms with Crippen molar-refractivity contribution in [3.63, 3.8) is 0 Å². The van der Waals surface area contributed by atoms with Gasteiger partial charge in [0, 0.05) is 12.0 Å². The van der Waals surface area contributed by atoms with Crippen molar-refractivity contribution < 1.29 is 9.47 Å². The summed E-state index contributed by atoms with van der Waals surface area (Å²) in [4.78, 5) is 0. The van der Waals surface area contributed by atoms with Crippen LogP contribution in [0.25, 0.3) is 0 Å². The minimum absolute atomic E-state index is 0.429. The second-order valence-corrected chi connectivity index (χ2v) is 5.16. The van der Waals surface area contributed by atoms with Crippen LogP contribution >= 0.6 is 0 Å². The minimum atomic E-state index is 0.429. The molecule has 0 aliphatic carbocycles. The summed E-state index contributed by atoms with van der Waals surface area (Å²) in [5.74, 6) is 2.21.